The van der Waals surface area contributed by atoms with E-state index in [1.54, 1.807) is 36.4 Å². The van der Waals surface area contributed by atoms with Crippen LogP contribution in [0.5, 0.6) is 5.75 Å². The van der Waals surface area contributed by atoms with Gasteiger partial charge in [-0.1, -0.05) is 42.2 Å². The van der Waals surface area contributed by atoms with Crippen molar-refractivity contribution in [3.05, 3.63) is 76.4 Å². The number of halogens is 1. The van der Waals surface area contributed by atoms with Gasteiger partial charge in [0.15, 0.2) is 11.6 Å². The first-order valence-electron chi connectivity index (χ1n) is 7.79. The van der Waals surface area contributed by atoms with Crippen LogP contribution < -0.4 is 15.7 Å². The Morgan fingerprint density at radius 3 is 2.73 bits per heavy atom. The molecular formula is C20H14FNO4. The summed E-state index contributed by atoms with van der Waals surface area (Å²) in [6.45, 7) is 0.000644. The molecule has 0 saturated carbocycles. The van der Waals surface area contributed by atoms with Gasteiger partial charge in [-0.25, -0.2) is 9.18 Å². The molecule has 130 valence electrons. The lowest BCUT2D eigenvalue weighted by atomic mass is 10.2. The second-order valence-electron chi connectivity index (χ2n) is 5.24. The normalized spacial score (nSPS) is 10.0. The molecule has 0 atom stereocenters. The first-order chi connectivity index (χ1) is 12.6. The number of nitrogens with one attached hydrogen (secondary N) is 1. The number of benzene rings is 2. The summed E-state index contributed by atoms with van der Waals surface area (Å²) in [5.74, 6) is 4.40. The summed E-state index contributed by atoms with van der Waals surface area (Å²) in [5, 5.41) is 3.17. The first-order valence-corrected chi connectivity index (χ1v) is 7.79. The molecular weight excluding hydrogens is 337 g/mol. The Kier molecular flexibility index (Phi) is 5.30. The molecule has 1 N–H and O–H groups in total. The third kappa shape index (κ3) is 4.08. The topological polar surface area (TPSA) is 68.5 Å². The largest absolute Gasteiger partial charge is 0.478 e. The lowest BCUT2D eigenvalue weighted by Gasteiger charge is -2.03. The molecule has 0 radical (unpaired) electrons. The minimum atomic E-state index is -0.711. The highest BCUT2D eigenvalue weighted by molar-refractivity contribution is 5.96. The van der Waals surface area contributed by atoms with E-state index in [9.17, 15) is 14.0 Å². The van der Waals surface area contributed by atoms with Crippen molar-refractivity contribution in [3.8, 4) is 17.6 Å². The van der Waals surface area contributed by atoms with Crippen molar-refractivity contribution in [2.75, 3.05) is 13.2 Å². The van der Waals surface area contributed by atoms with Crippen molar-refractivity contribution >= 4 is 16.9 Å². The van der Waals surface area contributed by atoms with Crippen molar-refractivity contribution in [3.63, 3.8) is 0 Å². The monoisotopic (exact) mass is 351 g/mol. The molecule has 2 aromatic carbocycles. The van der Waals surface area contributed by atoms with Gasteiger partial charge in [-0.05, 0) is 24.3 Å². The van der Waals surface area contributed by atoms with Crippen LogP contribution in [0.3, 0.4) is 0 Å². The summed E-state index contributed by atoms with van der Waals surface area (Å²) in [6.07, 6.45) is 0. The molecule has 26 heavy (non-hydrogen) atoms. The molecule has 6 heteroatoms. The number of amides is 1. The molecule has 3 aromatic rings. The van der Waals surface area contributed by atoms with E-state index < -0.39 is 17.3 Å². The Morgan fingerprint density at radius 1 is 1.12 bits per heavy atom. The molecule has 1 heterocycles. The number of carbonyl (C=O) groups excluding carboxylic acids is 1. The molecule has 1 amide bonds. The van der Waals surface area contributed by atoms with E-state index in [-0.39, 0.29) is 24.5 Å². The van der Waals surface area contributed by atoms with Gasteiger partial charge in [-0.15, -0.1) is 0 Å². The van der Waals surface area contributed by atoms with Crippen molar-refractivity contribution in [1.82, 2.24) is 5.32 Å². The molecule has 0 aliphatic heterocycles. The van der Waals surface area contributed by atoms with Gasteiger partial charge in [0.05, 0.1) is 6.54 Å². The van der Waals surface area contributed by atoms with E-state index in [1.165, 1.54) is 18.2 Å². The summed E-state index contributed by atoms with van der Waals surface area (Å²) in [7, 11) is 0. The third-order valence-corrected chi connectivity index (χ3v) is 3.48. The highest BCUT2D eigenvalue weighted by atomic mass is 19.1. The van der Waals surface area contributed by atoms with Gasteiger partial charge < -0.3 is 14.5 Å². The summed E-state index contributed by atoms with van der Waals surface area (Å²) >= 11 is 0. The van der Waals surface area contributed by atoms with Gasteiger partial charge in [0.25, 0.3) is 5.91 Å². The summed E-state index contributed by atoms with van der Waals surface area (Å²) in [6, 6.07) is 14.4. The lowest BCUT2D eigenvalue weighted by Crippen LogP contribution is -2.28. The zero-order valence-electron chi connectivity index (χ0n) is 13.6. The maximum absolute atomic E-state index is 13.3. The quantitative estimate of drug-likeness (QED) is 0.580. The summed E-state index contributed by atoms with van der Waals surface area (Å²) in [5.41, 5.74) is -0.385. The van der Waals surface area contributed by atoms with Crippen molar-refractivity contribution < 1.29 is 18.3 Å². The zero-order chi connectivity index (χ0) is 18.4. The molecule has 0 spiro atoms. The van der Waals surface area contributed by atoms with E-state index in [4.69, 9.17) is 9.15 Å². The van der Waals surface area contributed by atoms with Crippen LogP contribution >= 0.6 is 0 Å². The van der Waals surface area contributed by atoms with Crippen LogP contribution in [0.15, 0.2) is 63.8 Å². The van der Waals surface area contributed by atoms with Crippen LogP contribution in [0.4, 0.5) is 4.39 Å². The van der Waals surface area contributed by atoms with E-state index in [0.717, 1.165) is 0 Å². The van der Waals surface area contributed by atoms with Crippen LogP contribution in [0.2, 0.25) is 0 Å². The molecule has 3 rings (SSSR count). The average Bonchev–Trinajstić information content (AvgIpc) is 2.65. The summed E-state index contributed by atoms with van der Waals surface area (Å²) < 4.78 is 23.6. The smallest absolute Gasteiger partial charge is 0.349 e. The molecule has 0 aliphatic carbocycles. The molecule has 0 bridgehead atoms. The van der Waals surface area contributed by atoms with Gasteiger partial charge >= 0.3 is 5.63 Å². The zero-order valence-corrected chi connectivity index (χ0v) is 13.6. The number of ether oxygens (including phenoxy) is 1. The SMILES string of the molecule is O=C(NCC#CCOc1ccccc1F)c1cc2ccccc2oc1=O. The molecule has 0 fully saturated rings. The highest BCUT2D eigenvalue weighted by Gasteiger charge is 2.12. The Labute approximate surface area is 148 Å². The maximum Gasteiger partial charge on any atom is 0.349 e. The summed E-state index contributed by atoms with van der Waals surface area (Å²) in [4.78, 5) is 24.0. The van der Waals surface area contributed by atoms with Gasteiger partial charge in [0.1, 0.15) is 17.8 Å². The van der Waals surface area contributed by atoms with E-state index in [2.05, 4.69) is 17.2 Å². The Balaban J connectivity index is 1.56. The van der Waals surface area contributed by atoms with Gasteiger partial charge in [0, 0.05) is 5.39 Å². The third-order valence-electron chi connectivity index (χ3n) is 3.48. The first kappa shape index (κ1) is 17.2. The fourth-order valence-corrected chi connectivity index (χ4v) is 2.23. The Morgan fingerprint density at radius 2 is 1.88 bits per heavy atom. The van der Waals surface area contributed by atoms with Crippen LogP contribution in [0, 0.1) is 17.7 Å². The lowest BCUT2D eigenvalue weighted by molar-refractivity contribution is 0.0955. The Hall–Kier alpha value is -3.59. The van der Waals surface area contributed by atoms with Crippen molar-refractivity contribution in [2.45, 2.75) is 0 Å². The minimum Gasteiger partial charge on any atom is -0.478 e. The van der Waals surface area contributed by atoms with Crippen LogP contribution in [-0.4, -0.2) is 19.1 Å². The number of rotatable bonds is 4. The van der Waals surface area contributed by atoms with E-state index in [0.29, 0.717) is 11.0 Å². The van der Waals surface area contributed by atoms with Crippen LogP contribution in [-0.2, 0) is 0 Å². The fourth-order valence-electron chi connectivity index (χ4n) is 2.23. The second-order valence-corrected chi connectivity index (χ2v) is 5.24. The Bertz CT molecular complexity index is 1060. The van der Waals surface area contributed by atoms with Crippen LogP contribution in [0.25, 0.3) is 11.0 Å². The van der Waals surface area contributed by atoms with Crippen LogP contribution in [0.1, 0.15) is 10.4 Å². The molecule has 1 aromatic heterocycles. The fraction of sp³-hybridized carbons (Fsp3) is 0.100. The van der Waals surface area contributed by atoms with Gasteiger partial charge in [0.2, 0.25) is 0 Å². The number of hydrogen-bond donors (Lipinski definition) is 1. The predicted octanol–water partition coefficient (Wildman–Crippen LogP) is 2.74. The van der Waals surface area contributed by atoms with E-state index >= 15 is 0 Å². The molecule has 0 unspecified atom stereocenters. The number of hydrogen-bond acceptors (Lipinski definition) is 4. The van der Waals surface area contributed by atoms with Crippen molar-refractivity contribution in [2.24, 2.45) is 0 Å². The standard InChI is InChI=1S/C20H14FNO4/c21-16-8-2-4-10-18(16)25-12-6-5-11-22-19(23)15-13-14-7-1-3-9-17(14)26-20(15)24/h1-4,7-10,13H,11-12H2,(H,22,23). The highest BCUT2D eigenvalue weighted by Crippen LogP contribution is 2.14. The van der Waals surface area contributed by atoms with Gasteiger partial charge in [-0.2, -0.15) is 0 Å². The molecule has 0 aliphatic rings. The average molecular weight is 351 g/mol. The minimum absolute atomic E-state index is 0.0189. The number of carbonyl (C=O) groups is 1. The predicted molar refractivity (Wildman–Crippen MR) is 94.5 cm³/mol. The number of para-hydroxylation sites is 2. The molecule has 0 saturated heterocycles. The molecule has 5 nitrogen and oxygen atoms in total. The van der Waals surface area contributed by atoms with Gasteiger partial charge in [-0.3, -0.25) is 4.79 Å². The van der Waals surface area contributed by atoms with Crippen molar-refractivity contribution in [1.29, 1.82) is 0 Å². The number of fused-ring (bicyclic) bond motifs is 1. The van der Waals surface area contributed by atoms with E-state index in [1.807, 2.05) is 0 Å². The second kappa shape index (κ2) is 7.99. The maximum atomic E-state index is 13.3.